The molecule has 2 atom stereocenters. The summed E-state index contributed by atoms with van der Waals surface area (Å²) in [6.45, 7) is 39.4. The SMILES string of the molecule is CC(C)(C)c1ccc(N2c3cc4c(cc3B3c5cc6c(cc5N(c5ccc(C(C)(C)C)cc5-c5ccccc5)c5cc(N7c8ccccc8C8(C)CCCCC78C)cc2c53)C(C)(C)CC6(C)C)C(C)(C)CC4(C)C)c(-c2ccccc2)c1. The Labute approximate surface area is 492 Å². The molecule has 0 aromatic heterocycles. The molecular formula is C78H86BN3. The summed E-state index contributed by atoms with van der Waals surface area (Å²) in [5.74, 6) is 0. The van der Waals surface area contributed by atoms with Crippen LogP contribution < -0.4 is 31.1 Å². The first-order valence-corrected chi connectivity index (χ1v) is 31.1. The van der Waals surface area contributed by atoms with Gasteiger partial charge >= 0.3 is 0 Å². The first kappa shape index (κ1) is 53.2. The van der Waals surface area contributed by atoms with Crippen LogP contribution in [0.1, 0.15) is 188 Å². The van der Waals surface area contributed by atoms with Gasteiger partial charge in [-0.05, 0) is 186 Å². The van der Waals surface area contributed by atoms with Gasteiger partial charge in [0.25, 0.3) is 6.71 Å². The quantitative estimate of drug-likeness (QED) is 0.159. The minimum atomic E-state index is -0.163. The van der Waals surface area contributed by atoms with Gasteiger partial charge in [-0.3, -0.25) is 0 Å². The standard InChI is InChI=1S/C78H86BN3/c1-71(2,3)51-33-35-63(54(39-51)49-27-19-17-20-28-49)80-66-45-59-57(73(7,8)47-75(59,11)12)43-61(66)79-62-44-58-60(76(13,14)48-74(58,9)10)46-67(62)81(64-36-34-52(72(4,5)6)40-55(64)50-29-21-18-22-30-50)69-42-53(41-68(80)70(69)79)82-65-32-24-23-31-56(65)77(15)37-25-26-38-78(77,82)16/h17-24,27-36,39-46H,25-26,37-38,47-48H2,1-16H3. The second-order valence-corrected chi connectivity index (χ2v) is 31.2. The Morgan fingerprint density at radius 3 is 1.24 bits per heavy atom. The first-order chi connectivity index (χ1) is 38.6. The lowest BCUT2D eigenvalue weighted by atomic mass is 9.33. The van der Waals surface area contributed by atoms with Crippen molar-refractivity contribution in [1.82, 2.24) is 0 Å². The van der Waals surface area contributed by atoms with Crippen molar-refractivity contribution in [1.29, 1.82) is 0 Å². The highest BCUT2D eigenvalue weighted by molar-refractivity contribution is 7.00. The van der Waals surface area contributed by atoms with E-state index in [2.05, 4.69) is 283 Å². The number of benzene rings is 8. The number of hydrogen-bond donors (Lipinski definition) is 0. The number of rotatable bonds is 5. The molecule has 82 heavy (non-hydrogen) atoms. The van der Waals surface area contributed by atoms with Crippen molar-refractivity contribution in [2.75, 3.05) is 14.7 Å². The zero-order chi connectivity index (χ0) is 57.6. The highest BCUT2D eigenvalue weighted by Gasteiger charge is 2.59. The Balaban J connectivity index is 1.18. The smallest absolute Gasteiger partial charge is 0.252 e. The van der Waals surface area contributed by atoms with E-state index in [1.165, 1.54) is 142 Å². The first-order valence-electron chi connectivity index (χ1n) is 31.1. The van der Waals surface area contributed by atoms with Crippen molar-refractivity contribution in [3.63, 3.8) is 0 Å². The van der Waals surface area contributed by atoms with Crippen LogP contribution in [0.4, 0.5) is 45.5 Å². The van der Waals surface area contributed by atoms with E-state index in [9.17, 15) is 0 Å². The van der Waals surface area contributed by atoms with Crippen LogP contribution in [0.3, 0.4) is 0 Å². The van der Waals surface area contributed by atoms with Gasteiger partial charge < -0.3 is 14.7 Å². The number of nitrogens with zero attached hydrogens (tertiary/aromatic N) is 3. The van der Waals surface area contributed by atoms with E-state index in [-0.39, 0.29) is 50.2 Å². The Kier molecular flexibility index (Phi) is 11.3. The third-order valence-electron chi connectivity index (χ3n) is 21.7. The molecule has 0 spiro atoms. The van der Waals surface area contributed by atoms with Gasteiger partial charge in [0.2, 0.25) is 0 Å². The Hall–Kier alpha value is -6.78. The fourth-order valence-electron chi connectivity index (χ4n) is 17.7. The molecule has 3 aliphatic carbocycles. The van der Waals surface area contributed by atoms with E-state index < -0.39 is 0 Å². The van der Waals surface area contributed by atoms with Crippen molar-refractivity contribution in [3.05, 3.63) is 197 Å². The van der Waals surface area contributed by atoms with E-state index in [0.717, 1.165) is 19.3 Å². The van der Waals surface area contributed by atoms with Crippen molar-refractivity contribution in [2.24, 2.45) is 0 Å². The van der Waals surface area contributed by atoms with Gasteiger partial charge in [0, 0.05) is 50.7 Å². The second-order valence-electron chi connectivity index (χ2n) is 31.2. The zero-order valence-corrected chi connectivity index (χ0v) is 52.2. The molecule has 4 heteroatoms. The number of para-hydroxylation sites is 1. The van der Waals surface area contributed by atoms with Crippen LogP contribution in [0.5, 0.6) is 0 Å². The zero-order valence-electron chi connectivity index (χ0n) is 52.2. The summed E-state index contributed by atoms with van der Waals surface area (Å²) in [5.41, 5.74) is 29.2. The number of fused-ring (bicyclic) bond motifs is 9. The highest BCUT2D eigenvalue weighted by Crippen LogP contribution is 2.63. The molecule has 6 aliphatic rings. The van der Waals surface area contributed by atoms with E-state index in [4.69, 9.17) is 0 Å². The molecule has 416 valence electrons. The minimum absolute atomic E-state index is 0.00663. The summed E-state index contributed by atoms with van der Waals surface area (Å²) in [6.07, 6.45) is 6.95. The number of hydrogen-bond acceptors (Lipinski definition) is 3. The van der Waals surface area contributed by atoms with Gasteiger partial charge in [-0.25, -0.2) is 0 Å². The maximum atomic E-state index is 2.85. The predicted octanol–water partition coefficient (Wildman–Crippen LogP) is 19.4. The van der Waals surface area contributed by atoms with Crippen LogP contribution in [0.15, 0.2) is 158 Å². The van der Waals surface area contributed by atoms with Crippen LogP contribution >= 0.6 is 0 Å². The van der Waals surface area contributed by atoms with E-state index in [1.54, 1.807) is 0 Å². The minimum Gasteiger partial charge on any atom is -0.334 e. The van der Waals surface area contributed by atoms with Gasteiger partial charge in [0.1, 0.15) is 0 Å². The normalized spacial score (nSPS) is 22.0. The molecular weight excluding hydrogens is 990 g/mol. The monoisotopic (exact) mass is 1080 g/mol. The maximum absolute atomic E-state index is 2.85. The lowest BCUT2D eigenvalue weighted by Crippen LogP contribution is -2.62. The fraction of sp³-hybridized carbons (Fsp3) is 0.385. The lowest BCUT2D eigenvalue weighted by Gasteiger charge is -2.51. The van der Waals surface area contributed by atoms with Crippen LogP contribution in [0, 0.1) is 0 Å². The van der Waals surface area contributed by atoms with Gasteiger partial charge in [-0.15, -0.1) is 0 Å². The van der Waals surface area contributed by atoms with Crippen molar-refractivity contribution >= 4 is 68.6 Å². The molecule has 8 aromatic rings. The van der Waals surface area contributed by atoms with Crippen molar-refractivity contribution < 1.29 is 0 Å². The Bertz CT molecular complexity index is 3750. The predicted molar refractivity (Wildman–Crippen MR) is 353 cm³/mol. The molecule has 0 amide bonds. The summed E-state index contributed by atoms with van der Waals surface area (Å²) in [6, 6.07) is 63.1. The summed E-state index contributed by atoms with van der Waals surface area (Å²) >= 11 is 0. The largest absolute Gasteiger partial charge is 0.334 e. The van der Waals surface area contributed by atoms with Gasteiger partial charge in [-0.2, -0.15) is 0 Å². The Morgan fingerprint density at radius 2 is 0.793 bits per heavy atom. The molecule has 0 N–H and O–H groups in total. The summed E-state index contributed by atoms with van der Waals surface area (Å²) < 4.78 is 0. The molecule has 0 bridgehead atoms. The second kappa shape index (κ2) is 17.4. The van der Waals surface area contributed by atoms with Gasteiger partial charge in [0.05, 0.1) is 16.9 Å². The van der Waals surface area contributed by atoms with Gasteiger partial charge in [0.15, 0.2) is 0 Å². The molecule has 2 unspecified atom stereocenters. The Morgan fingerprint density at radius 1 is 0.378 bits per heavy atom. The molecule has 14 rings (SSSR count). The molecule has 3 heterocycles. The van der Waals surface area contributed by atoms with E-state index >= 15 is 0 Å². The topological polar surface area (TPSA) is 9.72 Å². The van der Waals surface area contributed by atoms with Crippen molar-refractivity contribution in [2.45, 2.75) is 193 Å². The van der Waals surface area contributed by atoms with Crippen LogP contribution in [-0.2, 0) is 37.9 Å². The molecule has 3 nitrogen and oxygen atoms in total. The molecule has 1 fully saturated rings. The fourth-order valence-corrected chi connectivity index (χ4v) is 17.7. The number of anilines is 8. The van der Waals surface area contributed by atoms with Crippen LogP contribution in [0.25, 0.3) is 22.3 Å². The maximum Gasteiger partial charge on any atom is 0.252 e. The van der Waals surface area contributed by atoms with E-state index in [0.29, 0.717) is 0 Å². The molecule has 3 aliphatic heterocycles. The van der Waals surface area contributed by atoms with Gasteiger partial charge in [-0.1, -0.05) is 220 Å². The van der Waals surface area contributed by atoms with Crippen LogP contribution in [0.2, 0.25) is 0 Å². The average Bonchev–Trinajstić information content (AvgIpc) is 3.55. The summed E-state index contributed by atoms with van der Waals surface area (Å²) in [4.78, 5) is 8.40. The summed E-state index contributed by atoms with van der Waals surface area (Å²) in [7, 11) is 0. The van der Waals surface area contributed by atoms with E-state index in [1.807, 2.05) is 0 Å². The van der Waals surface area contributed by atoms with Crippen molar-refractivity contribution in [3.8, 4) is 22.3 Å². The average molecular weight is 1080 g/mol. The summed E-state index contributed by atoms with van der Waals surface area (Å²) in [5, 5.41) is 0. The van der Waals surface area contributed by atoms with Crippen LogP contribution in [-0.4, -0.2) is 12.3 Å². The highest BCUT2D eigenvalue weighted by atomic mass is 15.3. The molecule has 8 aromatic carbocycles. The molecule has 0 radical (unpaired) electrons. The molecule has 0 saturated heterocycles. The third kappa shape index (κ3) is 7.60. The molecule has 1 saturated carbocycles. The third-order valence-corrected chi connectivity index (χ3v) is 21.7. The lowest BCUT2D eigenvalue weighted by molar-refractivity contribution is 0.195.